The Bertz CT molecular complexity index is 961. The maximum atomic E-state index is 13.1. The van der Waals surface area contributed by atoms with Crippen molar-refractivity contribution in [3.8, 4) is 0 Å². The summed E-state index contributed by atoms with van der Waals surface area (Å²) in [6.07, 6.45) is 0. The van der Waals surface area contributed by atoms with Crippen LogP contribution in [0.4, 0.5) is 0 Å². The molecule has 0 saturated carbocycles. The van der Waals surface area contributed by atoms with E-state index in [1.807, 2.05) is 29.2 Å². The van der Waals surface area contributed by atoms with Crippen LogP contribution in [0.1, 0.15) is 19.4 Å². The Kier molecular flexibility index (Phi) is 6.21. The van der Waals surface area contributed by atoms with Crippen molar-refractivity contribution in [1.82, 2.24) is 19.4 Å². The molecule has 5 nitrogen and oxygen atoms in total. The topological polar surface area (TPSA) is 41.4 Å². The molecule has 4 rings (SSSR count). The first-order valence-electron chi connectivity index (χ1n) is 10.3. The molecule has 2 heterocycles. The molecule has 3 aromatic rings. The van der Waals surface area contributed by atoms with E-state index in [0.29, 0.717) is 11.8 Å². The molecule has 0 N–H and O–H groups in total. The second kappa shape index (κ2) is 9.01. The van der Waals surface area contributed by atoms with Gasteiger partial charge in [-0.15, -0.1) is 0 Å². The molecule has 1 aliphatic rings. The van der Waals surface area contributed by atoms with Gasteiger partial charge in [0, 0.05) is 38.0 Å². The predicted molar refractivity (Wildman–Crippen MR) is 119 cm³/mol. The van der Waals surface area contributed by atoms with Crippen LogP contribution in [-0.4, -0.2) is 56.7 Å². The Morgan fingerprint density at radius 3 is 2.41 bits per heavy atom. The number of hydrogen-bond donors (Lipinski definition) is 0. The van der Waals surface area contributed by atoms with Crippen molar-refractivity contribution < 1.29 is 4.79 Å². The van der Waals surface area contributed by atoms with Crippen LogP contribution in [0, 0.1) is 0 Å². The maximum Gasteiger partial charge on any atom is 0.242 e. The molecule has 1 fully saturated rings. The van der Waals surface area contributed by atoms with Crippen LogP contribution >= 0.6 is 11.8 Å². The van der Waals surface area contributed by atoms with Crippen molar-refractivity contribution in [2.45, 2.75) is 37.3 Å². The summed E-state index contributed by atoms with van der Waals surface area (Å²) in [5, 5.41) is 1.35. The lowest BCUT2D eigenvalue weighted by atomic mass is 10.2. The number of carbonyl (C=O) groups excluding carboxylic acids is 1. The molecule has 1 amide bonds. The summed E-state index contributed by atoms with van der Waals surface area (Å²) < 4.78 is 2.08. The number of rotatable bonds is 6. The number of thioether (sulfide) groups is 1. The number of carbonyl (C=O) groups is 1. The molecule has 1 aliphatic heterocycles. The second-order valence-electron chi connectivity index (χ2n) is 7.78. The molecule has 0 spiro atoms. The SMILES string of the molecule is CC(C)Sc1nc2ccccc2n1CC(=O)N1CCN(Cc2ccccc2)CC1. The number of aromatic nitrogens is 2. The number of fused-ring (bicyclic) bond motifs is 1. The predicted octanol–water partition coefficient (Wildman–Crippen LogP) is 3.88. The fourth-order valence-electron chi connectivity index (χ4n) is 3.74. The summed E-state index contributed by atoms with van der Waals surface area (Å²) in [4.78, 5) is 22.2. The van der Waals surface area contributed by atoms with E-state index in [1.165, 1.54) is 5.56 Å². The molecule has 1 aromatic heterocycles. The van der Waals surface area contributed by atoms with Gasteiger partial charge in [0.05, 0.1) is 11.0 Å². The molecular formula is C23H28N4OS. The molecule has 0 atom stereocenters. The van der Waals surface area contributed by atoms with E-state index in [-0.39, 0.29) is 5.91 Å². The highest BCUT2D eigenvalue weighted by Gasteiger charge is 2.23. The normalized spacial score (nSPS) is 15.3. The van der Waals surface area contributed by atoms with E-state index >= 15 is 0 Å². The largest absolute Gasteiger partial charge is 0.339 e. The van der Waals surface area contributed by atoms with Gasteiger partial charge in [-0.1, -0.05) is 68.1 Å². The lowest BCUT2D eigenvalue weighted by Crippen LogP contribution is -2.49. The Morgan fingerprint density at radius 2 is 1.69 bits per heavy atom. The average Bonchev–Trinajstić information content (AvgIpc) is 3.06. The van der Waals surface area contributed by atoms with Crippen molar-refractivity contribution in [3.63, 3.8) is 0 Å². The summed E-state index contributed by atoms with van der Waals surface area (Å²) in [5.74, 6) is 0.179. The Balaban J connectivity index is 1.41. The third-order valence-corrected chi connectivity index (χ3v) is 6.22. The molecule has 29 heavy (non-hydrogen) atoms. The quantitative estimate of drug-likeness (QED) is 0.581. The molecule has 0 bridgehead atoms. The Morgan fingerprint density at radius 1 is 1.00 bits per heavy atom. The number of hydrogen-bond acceptors (Lipinski definition) is 4. The van der Waals surface area contributed by atoms with Gasteiger partial charge in [-0.25, -0.2) is 4.98 Å². The van der Waals surface area contributed by atoms with Crippen molar-refractivity contribution in [1.29, 1.82) is 0 Å². The minimum absolute atomic E-state index is 0.179. The van der Waals surface area contributed by atoms with Gasteiger partial charge >= 0.3 is 0 Å². The summed E-state index contributed by atoms with van der Waals surface area (Å²) in [6.45, 7) is 9.01. The van der Waals surface area contributed by atoms with Gasteiger partial charge in [-0.2, -0.15) is 0 Å². The van der Waals surface area contributed by atoms with E-state index < -0.39 is 0 Å². The molecule has 1 saturated heterocycles. The lowest BCUT2D eigenvalue weighted by molar-refractivity contribution is -0.133. The average molecular weight is 409 g/mol. The summed E-state index contributed by atoms with van der Waals surface area (Å²) >= 11 is 1.71. The number of amides is 1. The minimum atomic E-state index is 0.179. The highest BCUT2D eigenvalue weighted by molar-refractivity contribution is 7.99. The van der Waals surface area contributed by atoms with Gasteiger partial charge < -0.3 is 9.47 Å². The highest BCUT2D eigenvalue weighted by atomic mass is 32.2. The van der Waals surface area contributed by atoms with E-state index in [1.54, 1.807) is 11.8 Å². The fraction of sp³-hybridized carbons (Fsp3) is 0.391. The van der Waals surface area contributed by atoms with Gasteiger partial charge in [-0.3, -0.25) is 9.69 Å². The first-order chi connectivity index (χ1) is 14.1. The van der Waals surface area contributed by atoms with Crippen molar-refractivity contribution >= 4 is 28.7 Å². The van der Waals surface area contributed by atoms with Crippen LogP contribution in [0.2, 0.25) is 0 Å². The maximum absolute atomic E-state index is 13.1. The van der Waals surface area contributed by atoms with Crippen LogP contribution in [0.3, 0.4) is 0 Å². The van der Waals surface area contributed by atoms with Gasteiger partial charge in [0.2, 0.25) is 5.91 Å². The molecule has 152 valence electrons. The summed E-state index contributed by atoms with van der Waals surface area (Å²) in [5.41, 5.74) is 3.32. The molecule has 0 radical (unpaired) electrons. The fourth-order valence-corrected chi connectivity index (χ4v) is 4.60. The van der Waals surface area contributed by atoms with Gasteiger partial charge in [-0.05, 0) is 17.7 Å². The highest BCUT2D eigenvalue weighted by Crippen LogP contribution is 2.27. The molecule has 2 aromatic carbocycles. The minimum Gasteiger partial charge on any atom is -0.339 e. The van der Waals surface area contributed by atoms with Crippen LogP contribution in [0.25, 0.3) is 11.0 Å². The third kappa shape index (κ3) is 4.82. The lowest BCUT2D eigenvalue weighted by Gasteiger charge is -2.35. The van der Waals surface area contributed by atoms with Crippen LogP contribution < -0.4 is 0 Å². The van der Waals surface area contributed by atoms with E-state index in [0.717, 1.165) is 48.9 Å². The smallest absolute Gasteiger partial charge is 0.242 e. The number of imidazole rings is 1. The number of para-hydroxylation sites is 2. The Hall–Kier alpha value is -2.31. The first kappa shape index (κ1) is 20.0. The third-order valence-electron chi connectivity index (χ3n) is 5.23. The summed E-state index contributed by atoms with van der Waals surface area (Å²) in [6, 6.07) is 18.6. The van der Waals surface area contributed by atoms with Crippen LogP contribution in [0.15, 0.2) is 59.8 Å². The van der Waals surface area contributed by atoms with Crippen molar-refractivity contribution in [2.24, 2.45) is 0 Å². The number of nitrogens with zero attached hydrogens (tertiary/aromatic N) is 4. The van der Waals surface area contributed by atoms with E-state index in [2.05, 4.69) is 53.6 Å². The van der Waals surface area contributed by atoms with Gasteiger partial charge in [0.25, 0.3) is 0 Å². The molecule has 0 aliphatic carbocycles. The zero-order valence-corrected chi connectivity index (χ0v) is 17.9. The standard InChI is InChI=1S/C23H28N4OS/c1-18(2)29-23-24-20-10-6-7-11-21(20)27(23)17-22(28)26-14-12-25(13-15-26)16-19-8-4-3-5-9-19/h3-11,18H,12-17H2,1-2H3. The Labute approximate surface area is 176 Å². The first-order valence-corrected chi connectivity index (χ1v) is 11.1. The van der Waals surface area contributed by atoms with Gasteiger partial charge in [0.1, 0.15) is 6.54 Å². The van der Waals surface area contributed by atoms with Crippen LogP contribution in [0.5, 0.6) is 0 Å². The zero-order valence-electron chi connectivity index (χ0n) is 17.1. The van der Waals surface area contributed by atoms with Crippen LogP contribution in [-0.2, 0) is 17.9 Å². The van der Waals surface area contributed by atoms with E-state index in [9.17, 15) is 4.79 Å². The zero-order chi connectivity index (χ0) is 20.2. The number of piperazine rings is 1. The van der Waals surface area contributed by atoms with Gasteiger partial charge in [0.15, 0.2) is 5.16 Å². The van der Waals surface area contributed by atoms with Crippen molar-refractivity contribution in [2.75, 3.05) is 26.2 Å². The van der Waals surface area contributed by atoms with E-state index in [4.69, 9.17) is 4.98 Å². The second-order valence-corrected chi connectivity index (χ2v) is 9.32. The molecule has 6 heteroatoms. The molecular weight excluding hydrogens is 380 g/mol. The monoisotopic (exact) mass is 408 g/mol. The summed E-state index contributed by atoms with van der Waals surface area (Å²) in [7, 11) is 0. The van der Waals surface area contributed by atoms with Crippen molar-refractivity contribution in [3.05, 3.63) is 60.2 Å². The number of benzene rings is 2. The molecule has 0 unspecified atom stereocenters.